The second kappa shape index (κ2) is 12.5. The Hall–Kier alpha value is -2.31. The molecule has 31 heavy (non-hydrogen) atoms. The molecule has 3 aromatic carbocycles. The topological polar surface area (TPSA) is 43.8 Å². The maximum Gasteiger partial charge on any atom is 0.260 e. The minimum absolute atomic E-state index is 0. The smallest absolute Gasteiger partial charge is 0.260 e. The van der Waals surface area contributed by atoms with Crippen molar-refractivity contribution in [3.8, 4) is 0 Å². The lowest BCUT2D eigenvalue weighted by Crippen LogP contribution is -2.40. The molecular weight excluding hydrogens is 428 g/mol. The number of benzene rings is 3. The average molecular weight is 457 g/mol. The zero-order valence-electron chi connectivity index (χ0n) is 17.8. The number of aliphatic hydroxyl groups excluding tert-OH is 1. The van der Waals surface area contributed by atoms with Crippen molar-refractivity contribution in [2.45, 2.75) is 16.8 Å². The number of amides is 1. The van der Waals surface area contributed by atoms with Crippen LogP contribution < -0.4 is 4.90 Å². The SMILES string of the molecule is CN(C)CCN(C(=O)C(O)c1ccccc1)c1ccccc1SCc1ccccc1.Cl. The molecule has 0 aliphatic carbocycles. The van der Waals surface area contributed by atoms with E-state index in [1.165, 1.54) is 5.56 Å². The van der Waals surface area contributed by atoms with E-state index in [1.54, 1.807) is 28.8 Å². The fourth-order valence-electron chi connectivity index (χ4n) is 3.11. The molecule has 3 aromatic rings. The highest BCUT2D eigenvalue weighted by atomic mass is 35.5. The lowest BCUT2D eigenvalue weighted by molar-refractivity contribution is -0.127. The molecule has 1 amide bonds. The van der Waals surface area contributed by atoms with Crippen molar-refractivity contribution >= 4 is 35.8 Å². The normalized spacial score (nSPS) is 11.6. The van der Waals surface area contributed by atoms with Crippen molar-refractivity contribution in [1.29, 1.82) is 0 Å². The molecule has 1 N–H and O–H groups in total. The number of para-hydroxylation sites is 1. The average Bonchev–Trinajstić information content (AvgIpc) is 2.79. The molecule has 4 nitrogen and oxygen atoms in total. The standard InChI is InChI=1S/C25H28N2O2S.ClH/c1-26(2)17-18-27(25(29)24(28)21-13-7-4-8-14-21)22-15-9-10-16-23(22)30-19-20-11-5-3-6-12-20;/h3-16,24,28H,17-19H2,1-2H3;1H. The summed E-state index contributed by atoms with van der Waals surface area (Å²) in [6.45, 7) is 1.20. The summed E-state index contributed by atoms with van der Waals surface area (Å²) in [5, 5.41) is 10.8. The highest BCUT2D eigenvalue weighted by Gasteiger charge is 2.26. The molecule has 164 valence electrons. The van der Waals surface area contributed by atoms with E-state index in [9.17, 15) is 9.90 Å². The Morgan fingerprint density at radius 2 is 1.45 bits per heavy atom. The number of rotatable bonds is 9. The van der Waals surface area contributed by atoms with Gasteiger partial charge in [-0.1, -0.05) is 72.8 Å². The number of hydrogen-bond acceptors (Lipinski definition) is 4. The van der Waals surface area contributed by atoms with Crippen LogP contribution >= 0.6 is 24.2 Å². The first-order valence-electron chi connectivity index (χ1n) is 10.0. The fourth-order valence-corrected chi connectivity index (χ4v) is 4.13. The van der Waals surface area contributed by atoms with Crippen LogP contribution in [0.2, 0.25) is 0 Å². The summed E-state index contributed by atoms with van der Waals surface area (Å²) < 4.78 is 0. The monoisotopic (exact) mass is 456 g/mol. The summed E-state index contributed by atoms with van der Waals surface area (Å²) in [6, 6.07) is 27.3. The van der Waals surface area contributed by atoms with Gasteiger partial charge in [-0.2, -0.15) is 0 Å². The predicted molar refractivity (Wildman–Crippen MR) is 132 cm³/mol. The van der Waals surface area contributed by atoms with E-state index >= 15 is 0 Å². The highest BCUT2D eigenvalue weighted by Crippen LogP contribution is 2.33. The van der Waals surface area contributed by atoms with Crippen molar-refractivity contribution in [1.82, 2.24) is 4.90 Å². The number of anilines is 1. The molecule has 0 saturated heterocycles. The van der Waals surface area contributed by atoms with Crippen molar-refractivity contribution in [3.05, 3.63) is 96.1 Å². The maximum atomic E-state index is 13.3. The van der Waals surface area contributed by atoms with Crippen LogP contribution in [-0.4, -0.2) is 43.1 Å². The second-order valence-electron chi connectivity index (χ2n) is 7.35. The number of hydrogen-bond donors (Lipinski definition) is 1. The molecule has 3 rings (SSSR count). The number of nitrogens with zero attached hydrogens (tertiary/aromatic N) is 2. The van der Waals surface area contributed by atoms with E-state index in [1.807, 2.05) is 79.7 Å². The molecule has 1 unspecified atom stereocenters. The van der Waals surface area contributed by atoms with E-state index in [-0.39, 0.29) is 18.3 Å². The Bertz CT molecular complexity index is 939. The van der Waals surface area contributed by atoms with E-state index < -0.39 is 6.10 Å². The first kappa shape index (κ1) is 25.0. The molecule has 0 fully saturated rings. The van der Waals surface area contributed by atoms with Crippen LogP contribution in [0.25, 0.3) is 0 Å². The van der Waals surface area contributed by atoms with Crippen LogP contribution in [-0.2, 0) is 10.5 Å². The largest absolute Gasteiger partial charge is 0.378 e. The molecule has 6 heteroatoms. The Morgan fingerprint density at radius 1 is 0.871 bits per heavy atom. The van der Waals surface area contributed by atoms with Crippen LogP contribution in [0.3, 0.4) is 0 Å². The van der Waals surface area contributed by atoms with Gasteiger partial charge in [-0.25, -0.2) is 0 Å². The second-order valence-corrected chi connectivity index (χ2v) is 8.37. The minimum atomic E-state index is -1.19. The van der Waals surface area contributed by atoms with E-state index in [2.05, 4.69) is 12.1 Å². The summed E-state index contributed by atoms with van der Waals surface area (Å²) in [4.78, 5) is 18.1. The van der Waals surface area contributed by atoms with Gasteiger partial charge in [-0.15, -0.1) is 24.2 Å². The number of thioether (sulfide) groups is 1. The van der Waals surface area contributed by atoms with Gasteiger partial charge in [0.25, 0.3) is 5.91 Å². The predicted octanol–water partition coefficient (Wildman–Crippen LogP) is 5.03. The first-order valence-corrected chi connectivity index (χ1v) is 11.0. The third-order valence-electron chi connectivity index (χ3n) is 4.78. The van der Waals surface area contributed by atoms with Gasteiger partial charge in [0.15, 0.2) is 6.10 Å². The third-order valence-corrected chi connectivity index (χ3v) is 5.91. The molecule has 0 bridgehead atoms. The van der Waals surface area contributed by atoms with Gasteiger partial charge in [0, 0.05) is 23.7 Å². The van der Waals surface area contributed by atoms with E-state index in [0.29, 0.717) is 18.7 Å². The number of aliphatic hydroxyl groups is 1. The van der Waals surface area contributed by atoms with Crippen LogP contribution in [0.15, 0.2) is 89.8 Å². The summed E-state index contributed by atoms with van der Waals surface area (Å²) in [5.41, 5.74) is 2.67. The van der Waals surface area contributed by atoms with Gasteiger partial charge in [0.1, 0.15) is 0 Å². The molecule has 0 aliphatic rings. The number of carbonyl (C=O) groups is 1. The molecule has 0 aromatic heterocycles. The van der Waals surface area contributed by atoms with Crippen molar-refractivity contribution < 1.29 is 9.90 Å². The van der Waals surface area contributed by atoms with Gasteiger partial charge in [0.05, 0.1) is 5.69 Å². The minimum Gasteiger partial charge on any atom is -0.378 e. The van der Waals surface area contributed by atoms with Gasteiger partial charge < -0.3 is 14.9 Å². The van der Waals surface area contributed by atoms with Crippen molar-refractivity contribution in [2.24, 2.45) is 0 Å². The number of carbonyl (C=O) groups excluding carboxylic acids is 1. The molecule has 0 aliphatic heterocycles. The van der Waals surface area contributed by atoms with Crippen LogP contribution in [0.1, 0.15) is 17.2 Å². The first-order chi connectivity index (χ1) is 14.6. The molecule has 0 heterocycles. The van der Waals surface area contributed by atoms with E-state index in [4.69, 9.17) is 0 Å². The summed E-state index contributed by atoms with van der Waals surface area (Å²) in [6.07, 6.45) is -1.19. The van der Waals surface area contributed by atoms with Crippen molar-refractivity contribution in [3.63, 3.8) is 0 Å². The summed E-state index contributed by atoms with van der Waals surface area (Å²) >= 11 is 1.70. The summed E-state index contributed by atoms with van der Waals surface area (Å²) in [5.74, 6) is 0.505. The lowest BCUT2D eigenvalue weighted by atomic mass is 10.1. The molecule has 0 saturated carbocycles. The van der Waals surface area contributed by atoms with Crippen LogP contribution in [0.4, 0.5) is 5.69 Å². The molecule has 0 radical (unpaired) electrons. The number of likely N-dealkylation sites (N-methyl/N-ethyl adjacent to an activating group) is 1. The van der Waals surface area contributed by atoms with E-state index in [0.717, 1.165) is 16.3 Å². The maximum absolute atomic E-state index is 13.3. The van der Waals surface area contributed by atoms with Gasteiger partial charge in [-0.05, 0) is 37.4 Å². The van der Waals surface area contributed by atoms with Crippen molar-refractivity contribution in [2.75, 3.05) is 32.1 Å². The van der Waals surface area contributed by atoms with Gasteiger partial charge in [-0.3, -0.25) is 4.79 Å². The Labute approximate surface area is 195 Å². The zero-order chi connectivity index (χ0) is 21.3. The summed E-state index contributed by atoms with van der Waals surface area (Å²) in [7, 11) is 3.96. The molecule has 0 spiro atoms. The van der Waals surface area contributed by atoms with Crippen LogP contribution in [0.5, 0.6) is 0 Å². The van der Waals surface area contributed by atoms with Gasteiger partial charge >= 0.3 is 0 Å². The quantitative estimate of drug-likeness (QED) is 0.459. The fraction of sp³-hybridized carbons (Fsp3) is 0.240. The molecular formula is C25H29ClN2O2S. The highest BCUT2D eigenvalue weighted by molar-refractivity contribution is 7.98. The Morgan fingerprint density at radius 3 is 2.10 bits per heavy atom. The Kier molecular flexibility index (Phi) is 10.1. The third kappa shape index (κ3) is 7.11. The molecule has 1 atom stereocenters. The van der Waals surface area contributed by atoms with Crippen LogP contribution in [0, 0.1) is 0 Å². The lowest BCUT2D eigenvalue weighted by Gasteiger charge is -2.28. The number of halogens is 1. The Balaban J connectivity index is 0.00000341. The zero-order valence-corrected chi connectivity index (χ0v) is 19.5. The van der Waals surface area contributed by atoms with Gasteiger partial charge in [0.2, 0.25) is 0 Å².